The van der Waals surface area contributed by atoms with Crippen LogP contribution in [0.4, 0.5) is 0 Å². The van der Waals surface area contributed by atoms with Gasteiger partial charge in [0.1, 0.15) is 22.9 Å². The number of hydrogen-bond acceptors (Lipinski definition) is 5. The lowest BCUT2D eigenvalue weighted by molar-refractivity contribution is -0.164. The first-order valence-electron chi connectivity index (χ1n) is 10.9. The third-order valence-corrected chi connectivity index (χ3v) is 8.90. The molecule has 8 nitrogen and oxygen atoms in total. The summed E-state index contributed by atoms with van der Waals surface area (Å²) in [5.41, 5.74) is 0.834. The average molecular weight is 571 g/mol. The number of rotatable bonds is 6. The van der Waals surface area contributed by atoms with Gasteiger partial charge in [-0.05, 0) is 42.8 Å². The lowest BCUT2D eigenvalue weighted by Crippen LogP contribution is -2.71. The zero-order valence-corrected chi connectivity index (χ0v) is 21.9. The van der Waals surface area contributed by atoms with E-state index in [9.17, 15) is 18.0 Å². The maximum atomic E-state index is 13.8. The number of methoxy groups -OCH3 is 1. The van der Waals surface area contributed by atoms with E-state index in [1.54, 1.807) is 29.2 Å². The molecule has 0 saturated carbocycles. The van der Waals surface area contributed by atoms with Gasteiger partial charge in [0.15, 0.2) is 0 Å². The summed E-state index contributed by atoms with van der Waals surface area (Å²) in [4.78, 5) is 29.5. The summed E-state index contributed by atoms with van der Waals surface area (Å²) in [5, 5.41) is 0.570. The van der Waals surface area contributed by atoms with Gasteiger partial charge >= 0.3 is 0 Å². The molecule has 2 fully saturated rings. The number of piperazine rings is 1. The van der Waals surface area contributed by atoms with Crippen molar-refractivity contribution in [3.8, 4) is 5.75 Å². The molecule has 0 bridgehead atoms. The molecule has 0 N–H and O–H groups in total. The minimum absolute atomic E-state index is 0.00729. The molecule has 2 aromatic carbocycles. The van der Waals surface area contributed by atoms with Crippen LogP contribution in [0.2, 0.25) is 5.02 Å². The predicted molar refractivity (Wildman–Crippen MR) is 131 cm³/mol. The molecule has 0 aromatic heterocycles. The van der Waals surface area contributed by atoms with E-state index in [1.165, 1.54) is 22.4 Å². The molecule has 4 rings (SSSR count). The molecule has 11 heteroatoms. The number of amides is 2. The SMILES string of the molecule is CCN1CC2N(C(=O)CCN2S(=O)(=O)c2cc(Br)ccc2OC)C(Cc2ccc(Cl)cc2)C1=O. The molecule has 2 aliphatic rings. The summed E-state index contributed by atoms with van der Waals surface area (Å²) in [6, 6.07) is 11.0. The second-order valence-corrected chi connectivity index (χ2v) is 11.4. The number of likely N-dealkylation sites (N-methyl/N-ethyl adjacent to an activating group) is 1. The number of hydrogen-bond donors (Lipinski definition) is 0. The average Bonchev–Trinajstić information content (AvgIpc) is 2.81. The smallest absolute Gasteiger partial charge is 0.248 e. The molecular weight excluding hydrogens is 546 g/mol. The Morgan fingerprint density at radius 3 is 2.50 bits per heavy atom. The summed E-state index contributed by atoms with van der Waals surface area (Å²) in [6.07, 6.45) is -0.560. The summed E-state index contributed by atoms with van der Waals surface area (Å²) < 4.78 is 34.9. The molecule has 0 radical (unpaired) electrons. The number of ether oxygens (including phenoxy) is 1. The number of sulfonamides is 1. The molecular formula is C23H25BrClN3O5S. The molecule has 2 atom stereocenters. The normalized spacial score (nSPS) is 21.5. The zero-order chi connectivity index (χ0) is 24.6. The van der Waals surface area contributed by atoms with Crippen LogP contribution in [-0.2, 0) is 26.0 Å². The van der Waals surface area contributed by atoms with Gasteiger partial charge in [-0.2, -0.15) is 4.31 Å². The van der Waals surface area contributed by atoms with E-state index in [-0.39, 0.29) is 48.4 Å². The first-order chi connectivity index (χ1) is 16.2. The molecule has 34 heavy (non-hydrogen) atoms. The van der Waals surface area contributed by atoms with Gasteiger partial charge in [0.25, 0.3) is 0 Å². The Balaban J connectivity index is 1.75. The largest absolute Gasteiger partial charge is 0.495 e. The number of carbonyl (C=O) groups excluding carboxylic acids is 2. The van der Waals surface area contributed by atoms with Crippen molar-refractivity contribution in [1.29, 1.82) is 0 Å². The third kappa shape index (κ3) is 4.56. The molecule has 2 heterocycles. The predicted octanol–water partition coefficient (Wildman–Crippen LogP) is 3.13. The van der Waals surface area contributed by atoms with Gasteiger partial charge < -0.3 is 14.5 Å². The maximum absolute atomic E-state index is 13.8. The van der Waals surface area contributed by atoms with Gasteiger partial charge in [0, 0.05) is 35.4 Å². The maximum Gasteiger partial charge on any atom is 0.248 e. The first-order valence-corrected chi connectivity index (χ1v) is 13.5. The molecule has 2 unspecified atom stereocenters. The summed E-state index contributed by atoms with van der Waals surface area (Å²) in [7, 11) is -2.63. The fourth-order valence-corrected chi connectivity index (χ4v) is 6.93. The highest BCUT2D eigenvalue weighted by molar-refractivity contribution is 9.10. The topological polar surface area (TPSA) is 87.2 Å². The van der Waals surface area contributed by atoms with E-state index >= 15 is 0 Å². The highest BCUT2D eigenvalue weighted by atomic mass is 79.9. The standard InChI is InChI=1S/C23H25BrClN3O5S/c1-3-26-14-21-27(34(31,32)20-13-16(24)6-9-19(20)33-2)11-10-22(29)28(21)18(23(26)30)12-15-4-7-17(25)8-5-15/h4-9,13,18,21H,3,10-12,14H2,1-2H3. The van der Waals surface area contributed by atoms with E-state index in [0.717, 1.165) is 5.56 Å². The molecule has 0 spiro atoms. The number of benzene rings is 2. The highest BCUT2D eigenvalue weighted by Crippen LogP contribution is 2.35. The monoisotopic (exact) mass is 569 g/mol. The van der Waals surface area contributed by atoms with Crippen molar-refractivity contribution < 1.29 is 22.7 Å². The number of fused-ring (bicyclic) bond motifs is 1. The van der Waals surface area contributed by atoms with Crippen LogP contribution >= 0.6 is 27.5 Å². The van der Waals surface area contributed by atoms with Gasteiger partial charge in [-0.1, -0.05) is 39.7 Å². The summed E-state index contributed by atoms with van der Waals surface area (Å²) in [6.45, 7) is 2.38. The Hall–Kier alpha value is -2.14. The van der Waals surface area contributed by atoms with Crippen LogP contribution < -0.4 is 4.74 Å². The quantitative estimate of drug-likeness (QED) is 0.533. The molecule has 2 amide bonds. The van der Waals surface area contributed by atoms with Gasteiger partial charge in [0.05, 0.1) is 13.7 Å². The fourth-order valence-electron chi connectivity index (χ4n) is 4.54. The molecule has 182 valence electrons. The van der Waals surface area contributed by atoms with Crippen molar-refractivity contribution in [2.45, 2.75) is 36.9 Å². The minimum Gasteiger partial charge on any atom is -0.495 e. The summed E-state index contributed by atoms with van der Waals surface area (Å²) >= 11 is 9.33. The molecule has 2 aliphatic heterocycles. The van der Waals surface area contributed by atoms with Crippen molar-refractivity contribution in [1.82, 2.24) is 14.1 Å². The van der Waals surface area contributed by atoms with Gasteiger partial charge in [-0.15, -0.1) is 0 Å². The second kappa shape index (κ2) is 9.85. The zero-order valence-electron chi connectivity index (χ0n) is 18.8. The van der Waals surface area contributed by atoms with Crippen molar-refractivity contribution in [3.63, 3.8) is 0 Å². The number of carbonyl (C=O) groups is 2. The Labute approximate surface area is 212 Å². The van der Waals surface area contributed by atoms with E-state index < -0.39 is 22.2 Å². The van der Waals surface area contributed by atoms with Crippen molar-refractivity contribution in [2.75, 3.05) is 26.7 Å². The number of halogens is 2. The van der Waals surface area contributed by atoms with Crippen LogP contribution in [0.3, 0.4) is 0 Å². The first kappa shape index (κ1) is 25.0. The van der Waals surface area contributed by atoms with Gasteiger partial charge in [0.2, 0.25) is 21.8 Å². The lowest BCUT2D eigenvalue weighted by Gasteiger charge is -2.51. The molecule has 0 aliphatic carbocycles. The minimum atomic E-state index is -4.04. The van der Waals surface area contributed by atoms with Crippen LogP contribution in [0, 0.1) is 0 Å². The second-order valence-electron chi connectivity index (χ2n) is 8.17. The molecule has 2 saturated heterocycles. The lowest BCUT2D eigenvalue weighted by atomic mass is 9.98. The number of nitrogens with zero attached hydrogens (tertiary/aromatic N) is 3. The van der Waals surface area contributed by atoms with Crippen LogP contribution in [0.15, 0.2) is 51.8 Å². The van der Waals surface area contributed by atoms with E-state index in [2.05, 4.69) is 15.9 Å². The Bertz CT molecular complexity index is 1210. The Morgan fingerprint density at radius 2 is 1.85 bits per heavy atom. The third-order valence-electron chi connectivity index (χ3n) is 6.24. The summed E-state index contributed by atoms with van der Waals surface area (Å²) in [5.74, 6) is -0.217. The van der Waals surface area contributed by atoms with Crippen LogP contribution in [0.1, 0.15) is 18.9 Å². The van der Waals surface area contributed by atoms with Crippen LogP contribution in [0.25, 0.3) is 0 Å². The molecule has 2 aromatic rings. The fraction of sp³-hybridized carbons (Fsp3) is 0.391. The van der Waals surface area contributed by atoms with Crippen LogP contribution in [0.5, 0.6) is 5.75 Å². The van der Waals surface area contributed by atoms with E-state index in [1.807, 2.05) is 19.1 Å². The van der Waals surface area contributed by atoms with Gasteiger partial charge in [-0.3, -0.25) is 9.59 Å². The van der Waals surface area contributed by atoms with Crippen LogP contribution in [-0.4, -0.2) is 73.3 Å². The van der Waals surface area contributed by atoms with Gasteiger partial charge in [-0.25, -0.2) is 8.42 Å². The van der Waals surface area contributed by atoms with E-state index in [4.69, 9.17) is 16.3 Å². The van der Waals surface area contributed by atoms with Crippen molar-refractivity contribution in [2.24, 2.45) is 0 Å². The van der Waals surface area contributed by atoms with E-state index in [0.29, 0.717) is 16.0 Å². The Morgan fingerprint density at radius 1 is 1.15 bits per heavy atom. The van der Waals surface area contributed by atoms with Crippen molar-refractivity contribution >= 4 is 49.4 Å². The van der Waals surface area contributed by atoms with Crippen molar-refractivity contribution in [3.05, 3.63) is 57.5 Å². The Kier molecular flexibility index (Phi) is 7.23. The highest BCUT2D eigenvalue weighted by Gasteiger charge is 2.50.